The topological polar surface area (TPSA) is 124 Å². The second kappa shape index (κ2) is 14.6. The molecule has 1 fully saturated rings. The Morgan fingerprint density at radius 2 is 0.929 bits per heavy atom. The molecule has 1 saturated heterocycles. The van der Waals surface area contributed by atoms with E-state index in [1.54, 1.807) is 9.80 Å². The first-order valence-electron chi connectivity index (χ1n) is 9.08. The molecule has 12 heteroatoms. The van der Waals surface area contributed by atoms with Crippen LogP contribution in [0.5, 0.6) is 0 Å². The number of rotatable bonds is 10. The normalized spacial score (nSPS) is 19.8. The highest BCUT2D eigenvalue weighted by molar-refractivity contribution is 5.69. The van der Waals surface area contributed by atoms with Crippen LogP contribution < -0.4 is 0 Å². The van der Waals surface area contributed by atoms with E-state index in [-0.39, 0.29) is 26.6 Å². The molecule has 12 nitrogen and oxygen atoms in total. The van der Waals surface area contributed by atoms with Gasteiger partial charge in [0, 0.05) is 52.4 Å². The minimum atomic E-state index is -0.917. The Hall–Kier alpha value is -1.38. The van der Waals surface area contributed by atoms with Gasteiger partial charge in [0.05, 0.1) is 27.3 Å². The van der Waals surface area contributed by atoms with Crippen LogP contribution in [0.25, 0.3) is 0 Å². The average Bonchev–Trinajstić information content (AvgIpc) is 2.63. The van der Waals surface area contributed by atoms with Crippen LogP contribution in [-0.4, -0.2) is 135 Å². The van der Waals surface area contributed by atoms with Crippen molar-refractivity contribution in [3.63, 3.8) is 0 Å². The third-order valence-corrected chi connectivity index (χ3v) is 4.35. The summed E-state index contributed by atoms with van der Waals surface area (Å²) in [6.45, 7) is 4.64. The molecule has 1 heterocycles. The molecular formula is C16H32N4O8. The zero-order valence-electron chi connectivity index (χ0n) is 16.6. The summed E-state index contributed by atoms with van der Waals surface area (Å²) in [5.74, 6) is -1.83. The van der Waals surface area contributed by atoms with Crippen molar-refractivity contribution in [2.45, 2.75) is 0 Å². The van der Waals surface area contributed by atoms with E-state index in [9.17, 15) is 9.59 Å². The Bertz CT molecular complexity index is 416. The van der Waals surface area contributed by atoms with Gasteiger partial charge in [-0.1, -0.05) is 0 Å². The lowest BCUT2D eigenvalue weighted by Crippen LogP contribution is -2.48. The summed E-state index contributed by atoms with van der Waals surface area (Å²) >= 11 is 0. The largest absolute Gasteiger partial charge is 0.480 e. The predicted molar refractivity (Wildman–Crippen MR) is 97.2 cm³/mol. The van der Waals surface area contributed by atoms with Gasteiger partial charge in [-0.05, 0) is 0 Å². The fraction of sp³-hybridized carbons (Fsp3) is 0.875. The van der Waals surface area contributed by atoms with Crippen molar-refractivity contribution in [3.05, 3.63) is 0 Å². The summed E-state index contributed by atoms with van der Waals surface area (Å²) < 4.78 is 0. The minimum Gasteiger partial charge on any atom is -0.480 e. The molecule has 28 heavy (non-hydrogen) atoms. The molecule has 0 unspecified atom stereocenters. The Kier molecular flexibility index (Phi) is 12.9. The number of nitrogens with zero attached hydrogens (tertiary/aromatic N) is 4. The van der Waals surface area contributed by atoms with E-state index in [4.69, 9.17) is 20.0 Å². The third kappa shape index (κ3) is 11.5. The van der Waals surface area contributed by atoms with Crippen LogP contribution in [0.1, 0.15) is 0 Å². The van der Waals surface area contributed by atoms with Crippen molar-refractivity contribution in [2.24, 2.45) is 0 Å². The van der Waals surface area contributed by atoms with E-state index >= 15 is 0 Å². The van der Waals surface area contributed by atoms with Crippen molar-refractivity contribution in [3.8, 4) is 0 Å². The van der Waals surface area contributed by atoms with Crippen molar-refractivity contribution in [1.29, 1.82) is 0 Å². The summed E-state index contributed by atoms with van der Waals surface area (Å²) in [5.41, 5.74) is 0. The molecule has 0 aromatic carbocycles. The first kappa shape index (κ1) is 24.7. The van der Waals surface area contributed by atoms with Crippen molar-refractivity contribution in [2.75, 3.05) is 93.1 Å². The number of hydrogen-bond acceptors (Lipinski definition) is 10. The minimum absolute atomic E-state index is 0.103. The molecule has 164 valence electrons. The molecular weight excluding hydrogens is 376 g/mol. The van der Waals surface area contributed by atoms with Gasteiger partial charge in [-0.15, -0.1) is 0 Å². The van der Waals surface area contributed by atoms with E-state index in [1.165, 1.54) is 14.2 Å². The first-order chi connectivity index (χ1) is 13.4. The standard InChI is InChI=1S/C16H32N4O8/c1-25-27-13-19-7-5-17(11-15(21)22)3-4-18(12-16(23)24)6-8-20(10-9-19)14-28-26-2/h3-14H2,1-2H3,(H,21,22)(H,23,24). The fourth-order valence-electron chi connectivity index (χ4n) is 2.79. The fourth-order valence-corrected chi connectivity index (χ4v) is 2.79. The van der Waals surface area contributed by atoms with E-state index < -0.39 is 11.9 Å². The van der Waals surface area contributed by atoms with Crippen LogP contribution in [0.4, 0.5) is 0 Å². The second-order valence-electron chi connectivity index (χ2n) is 6.40. The van der Waals surface area contributed by atoms with E-state index in [0.717, 1.165) is 0 Å². The molecule has 0 atom stereocenters. The van der Waals surface area contributed by atoms with E-state index in [1.807, 2.05) is 9.80 Å². The monoisotopic (exact) mass is 408 g/mol. The van der Waals surface area contributed by atoms with E-state index in [0.29, 0.717) is 52.4 Å². The summed E-state index contributed by atoms with van der Waals surface area (Å²) in [6.07, 6.45) is 0. The van der Waals surface area contributed by atoms with Gasteiger partial charge in [0.25, 0.3) is 0 Å². The number of carbonyl (C=O) groups is 2. The third-order valence-electron chi connectivity index (χ3n) is 4.35. The maximum absolute atomic E-state index is 11.2. The predicted octanol–water partition coefficient (Wildman–Crippen LogP) is -1.55. The molecule has 0 amide bonds. The van der Waals surface area contributed by atoms with Crippen molar-refractivity contribution in [1.82, 2.24) is 19.6 Å². The summed E-state index contributed by atoms with van der Waals surface area (Å²) in [6, 6.07) is 0. The zero-order chi connectivity index (χ0) is 20.8. The summed E-state index contributed by atoms with van der Waals surface area (Å²) in [7, 11) is 2.87. The smallest absolute Gasteiger partial charge is 0.317 e. The number of aliphatic carboxylic acids is 2. The Balaban J connectivity index is 2.81. The highest BCUT2D eigenvalue weighted by Crippen LogP contribution is 2.02. The molecule has 0 aromatic heterocycles. The Labute approximate surface area is 164 Å². The van der Waals surface area contributed by atoms with Crippen LogP contribution in [0.2, 0.25) is 0 Å². The van der Waals surface area contributed by atoms with Gasteiger partial charge in [-0.25, -0.2) is 19.6 Å². The quantitative estimate of drug-likeness (QED) is 0.321. The number of carboxylic acid groups (broad SMARTS) is 2. The van der Waals surface area contributed by atoms with E-state index in [2.05, 4.69) is 9.78 Å². The molecule has 0 spiro atoms. The highest BCUT2D eigenvalue weighted by atomic mass is 17.2. The molecule has 2 N–H and O–H groups in total. The molecule has 1 aliphatic heterocycles. The van der Waals surface area contributed by atoms with Crippen molar-refractivity contribution < 1.29 is 39.4 Å². The molecule has 0 radical (unpaired) electrons. The molecule has 0 aromatic rings. The van der Waals surface area contributed by atoms with Crippen LogP contribution in [0.15, 0.2) is 0 Å². The highest BCUT2D eigenvalue weighted by Gasteiger charge is 2.19. The van der Waals surface area contributed by atoms with Crippen LogP contribution in [-0.2, 0) is 29.1 Å². The van der Waals surface area contributed by atoms with Crippen LogP contribution in [0.3, 0.4) is 0 Å². The first-order valence-corrected chi connectivity index (χ1v) is 9.08. The SMILES string of the molecule is COOCN1CCN(COOC)CCN(CC(=O)O)CCN(CC(=O)O)CC1. The van der Waals surface area contributed by atoms with Crippen LogP contribution in [0, 0.1) is 0 Å². The van der Waals surface area contributed by atoms with Gasteiger partial charge in [0.2, 0.25) is 0 Å². The summed E-state index contributed by atoms with van der Waals surface area (Å²) in [5, 5.41) is 18.3. The maximum atomic E-state index is 11.2. The average molecular weight is 408 g/mol. The van der Waals surface area contributed by atoms with Crippen LogP contribution >= 0.6 is 0 Å². The Morgan fingerprint density at radius 3 is 1.18 bits per heavy atom. The van der Waals surface area contributed by atoms with Gasteiger partial charge in [-0.3, -0.25) is 29.2 Å². The molecule has 0 saturated carbocycles. The second-order valence-corrected chi connectivity index (χ2v) is 6.40. The van der Waals surface area contributed by atoms with Gasteiger partial charge in [-0.2, -0.15) is 0 Å². The molecule has 1 rings (SSSR count). The lowest BCUT2D eigenvalue weighted by molar-refractivity contribution is -0.300. The number of carboxylic acids is 2. The number of hydrogen-bond donors (Lipinski definition) is 2. The maximum Gasteiger partial charge on any atom is 0.317 e. The van der Waals surface area contributed by atoms with Gasteiger partial charge in [0.15, 0.2) is 0 Å². The lowest BCUT2D eigenvalue weighted by atomic mass is 10.3. The molecule has 0 bridgehead atoms. The zero-order valence-corrected chi connectivity index (χ0v) is 16.6. The molecule has 1 aliphatic rings. The Morgan fingerprint density at radius 1 is 0.643 bits per heavy atom. The van der Waals surface area contributed by atoms with Gasteiger partial charge in [0.1, 0.15) is 13.5 Å². The van der Waals surface area contributed by atoms with Gasteiger partial charge >= 0.3 is 11.9 Å². The summed E-state index contributed by atoms with van der Waals surface area (Å²) in [4.78, 5) is 49.4. The molecule has 0 aliphatic carbocycles. The lowest BCUT2D eigenvalue weighted by Gasteiger charge is -2.32. The van der Waals surface area contributed by atoms with Gasteiger partial charge < -0.3 is 10.2 Å². The van der Waals surface area contributed by atoms with Crippen molar-refractivity contribution >= 4 is 11.9 Å².